The van der Waals surface area contributed by atoms with Crippen LogP contribution in [0.1, 0.15) is 11.5 Å². The molecule has 1 aliphatic rings. The van der Waals surface area contributed by atoms with E-state index in [4.69, 9.17) is 4.74 Å². The van der Waals surface area contributed by atoms with E-state index in [0.29, 0.717) is 6.04 Å². The first-order valence-electron chi connectivity index (χ1n) is 6.24. The Morgan fingerprint density at radius 1 is 1.33 bits per heavy atom. The van der Waals surface area contributed by atoms with E-state index in [2.05, 4.69) is 27.0 Å². The molecular formula is C14H17N3O. The average Bonchev–Trinajstić information content (AvgIpc) is 2.70. The highest BCUT2D eigenvalue weighted by Gasteiger charge is 2.18. The standard InChI is InChI=1S/C14H17N3O/c1-11-15-7-14(8-16-12-9-18-10-12)17(11)13-5-3-2-4-6-13/h2-7,12,16H,8-10H2,1H3. The van der Waals surface area contributed by atoms with Crippen molar-refractivity contribution >= 4 is 0 Å². The zero-order valence-corrected chi connectivity index (χ0v) is 10.5. The van der Waals surface area contributed by atoms with Crippen LogP contribution >= 0.6 is 0 Å². The van der Waals surface area contributed by atoms with Crippen LogP contribution in [0.25, 0.3) is 5.69 Å². The minimum atomic E-state index is 0.490. The van der Waals surface area contributed by atoms with Crippen molar-refractivity contribution < 1.29 is 4.74 Å². The van der Waals surface area contributed by atoms with Crippen LogP contribution in [0.15, 0.2) is 36.5 Å². The number of imidazole rings is 1. The fourth-order valence-electron chi connectivity index (χ4n) is 2.15. The fraction of sp³-hybridized carbons (Fsp3) is 0.357. The predicted octanol–water partition coefficient (Wildman–Crippen LogP) is 1.67. The molecule has 3 rings (SSSR count). The molecule has 2 aromatic rings. The Morgan fingerprint density at radius 3 is 2.78 bits per heavy atom. The maximum Gasteiger partial charge on any atom is 0.110 e. The number of hydrogen-bond donors (Lipinski definition) is 1. The van der Waals surface area contributed by atoms with Gasteiger partial charge in [0.25, 0.3) is 0 Å². The number of hydrogen-bond acceptors (Lipinski definition) is 3. The lowest BCUT2D eigenvalue weighted by molar-refractivity contribution is -0.00595. The average molecular weight is 243 g/mol. The molecular weight excluding hydrogens is 226 g/mol. The largest absolute Gasteiger partial charge is 0.378 e. The molecule has 18 heavy (non-hydrogen) atoms. The first kappa shape index (κ1) is 11.4. The molecule has 4 heteroatoms. The lowest BCUT2D eigenvalue weighted by Crippen LogP contribution is -2.45. The SMILES string of the molecule is Cc1ncc(CNC2COC2)n1-c1ccccc1. The highest BCUT2D eigenvalue weighted by molar-refractivity contribution is 5.35. The monoisotopic (exact) mass is 243 g/mol. The molecule has 1 aromatic heterocycles. The van der Waals surface area contributed by atoms with Gasteiger partial charge < -0.3 is 10.1 Å². The zero-order chi connectivity index (χ0) is 12.4. The highest BCUT2D eigenvalue weighted by atomic mass is 16.5. The van der Waals surface area contributed by atoms with Crippen molar-refractivity contribution in [1.29, 1.82) is 0 Å². The summed E-state index contributed by atoms with van der Waals surface area (Å²) in [6.45, 7) is 4.49. The van der Waals surface area contributed by atoms with Gasteiger partial charge in [0.05, 0.1) is 31.1 Å². The van der Waals surface area contributed by atoms with Crippen molar-refractivity contribution in [2.45, 2.75) is 19.5 Å². The quantitative estimate of drug-likeness (QED) is 0.887. The molecule has 0 bridgehead atoms. The van der Waals surface area contributed by atoms with Crippen LogP contribution in [-0.2, 0) is 11.3 Å². The van der Waals surface area contributed by atoms with Gasteiger partial charge in [-0.2, -0.15) is 0 Å². The Kier molecular flexibility index (Phi) is 3.13. The van der Waals surface area contributed by atoms with E-state index in [1.807, 2.05) is 31.3 Å². The molecule has 1 N–H and O–H groups in total. The van der Waals surface area contributed by atoms with E-state index >= 15 is 0 Å². The first-order chi connectivity index (χ1) is 8.84. The maximum absolute atomic E-state index is 5.16. The van der Waals surface area contributed by atoms with Crippen LogP contribution < -0.4 is 5.32 Å². The van der Waals surface area contributed by atoms with E-state index < -0.39 is 0 Å². The van der Waals surface area contributed by atoms with Gasteiger partial charge in [0.1, 0.15) is 5.82 Å². The van der Waals surface area contributed by atoms with Crippen LogP contribution in [-0.4, -0.2) is 28.8 Å². The van der Waals surface area contributed by atoms with E-state index in [1.165, 1.54) is 5.69 Å². The van der Waals surface area contributed by atoms with Gasteiger partial charge in [0.2, 0.25) is 0 Å². The molecule has 1 fully saturated rings. The fourth-order valence-corrected chi connectivity index (χ4v) is 2.15. The molecule has 0 unspecified atom stereocenters. The third kappa shape index (κ3) is 2.17. The Morgan fingerprint density at radius 2 is 2.11 bits per heavy atom. The Bertz CT molecular complexity index is 517. The van der Waals surface area contributed by atoms with E-state index in [0.717, 1.165) is 31.3 Å². The topological polar surface area (TPSA) is 39.1 Å². The summed E-state index contributed by atoms with van der Waals surface area (Å²) < 4.78 is 7.35. The summed E-state index contributed by atoms with van der Waals surface area (Å²) >= 11 is 0. The lowest BCUT2D eigenvalue weighted by Gasteiger charge is -2.27. The molecule has 1 aromatic carbocycles. The second-order valence-corrected chi connectivity index (χ2v) is 4.58. The maximum atomic E-state index is 5.16. The number of nitrogens with one attached hydrogen (secondary N) is 1. The number of nitrogens with zero attached hydrogens (tertiary/aromatic N) is 2. The van der Waals surface area contributed by atoms with Crippen molar-refractivity contribution in [1.82, 2.24) is 14.9 Å². The third-order valence-electron chi connectivity index (χ3n) is 3.24. The molecule has 2 heterocycles. The number of rotatable bonds is 4. The summed E-state index contributed by atoms with van der Waals surface area (Å²) in [4.78, 5) is 4.41. The van der Waals surface area contributed by atoms with Gasteiger partial charge in [-0.15, -0.1) is 0 Å². The van der Waals surface area contributed by atoms with Crippen LogP contribution in [0, 0.1) is 6.92 Å². The van der Waals surface area contributed by atoms with E-state index in [9.17, 15) is 0 Å². The minimum absolute atomic E-state index is 0.490. The van der Waals surface area contributed by atoms with Crippen molar-refractivity contribution in [2.24, 2.45) is 0 Å². The molecule has 0 saturated carbocycles. The number of ether oxygens (including phenoxy) is 1. The van der Waals surface area contributed by atoms with E-state index in [1.54, 1.807) is 0 Å². The van der Waals surface area contributed by atoms with Gasteiger partial charge in [0, 0.05) is 12.2 Å². The lowest BCUT2D eigenvalue weighted by atomic mass is 10.2. The van der Waals surface area contributed by atoms with Gasteiger partial charge in [0.15, 0.2) is 0 Å². The van der Waals surface area contributed by atoms with Gasteiger partial charge in [-0.25, -0.2) is 4.98 Å². The Hall–Kier alpha value is -1.65. The number of para-hydroxylation sites is 1. The number of aryl methyl sites for hydroxylation is 1. The number of aromatic nitrogens is 2. The normalized spacial score (nSPS) is 15.6. The molecule has 0 aliphatic carbocycles. The molecule has 0 spiro atoms. The van der Waals surface area contributed by atoms with Gasteiger partial charge in [-0.05, 0) is 19.1 Å². The van der Waals surface area contributed by atoms with Crippen LogP contribution in [0.3, 0.4) is 0 Å². The molecule has 0 atom stereocenters. The number of benzene rings is 1. The van der Waals surface area contributed by atoms with Crippen molar-refractivity contribution in [3.8, 4) is 5.69 Å². The molecule has 4 nitrogen and oxygen atoms in total. The van der Waals surface area contributed by atoms with Crippen molar-refractivity contribution in [2.75, 3.05) is 13.2 Å². The summed E-state index contributed by atoms with van der Waals surface area (Å²) in [6.07, 6.45) is 1.94. The Balaban J connectivity index is 1.82. The highest BCUT2D eigenvalue weighted by Crippen LogP contribution is 2.14. The van der Waals surface area contributed by atoms with E-state index in [-0.39, 0.29) is 0 Å². The minimum Gasteiger partial charge on any atom is -0.378 e. The smallest absolute Gasteiger partial charge is 0.110 e. The van der Waals surface area contributed by atoms with Crippen LogP contribution in [0.2, 0.25) is 0 Å². The van der Waals surface area contributed by atoms with Gasteiger partial charge in [-0.1, -0.05) is 18.2 Å². The second kappa shape index (κ2) is 4.92. The molecule has 1 aliphatic heterocycles. The van der Waals surface area contributed by atoms with Crippen molar-refractivity contribution in [3.63, 3.8) is 0 Å². The van der Waals surface area contributed by atoms with Gasteiger partial charge >= 0.3 is 0 Å². The summed E-state index contributed by atoms with van der Waals surface area (Å²) in [5.74, 6) is 1.02. The molecule has 1 saturated heterocycles. The predicted molar refractivity (Wildman–Crippen MR) is 69.7 cm³/mol. The first-order valence-corrected chi connectivity index (χ1v) is 6.24. The summed E-state index contributed by atoms with van der Waals surface area (Å²) in [7, 11) is 0. The second-order valence-electron chi connectivity index (χ2n) is 4.58. The summed E-state index contributed by atoms with van der Waals surface area (Å²) in [5, 5.41) is 3.47. The van der Waals surface area contributed by atoms with Crippen LogP contribution in [0.5, 0.6) is 0 Å². The summed E-state index contributed by atoms with van der Waals surface area (Å²) in [6, 6.07) is 10.8. The van der Waals surface area contributed by atoms with Gasteiger partial charge in [-0.3, -0.25) is 4.57 Å². The molecule has 0 radical (unpaired) electrons. The zero-order valence-electron chi connectivity index (χ0n) is 10.5. The summed E-state index contributed by atoms with van der Waals surface area (Å²) in [5.41, 5.74) is 2.35. The van der Waals surface area contributed by atoms with Crippen molar-refractivity contribution in [3.05, 3.63) is 48.0 Å². The molecule has 0 amide bonds. The molecule has 94 valence electrons. The van der Waals surface area contributed by atoms with Crippen LogP contribution in [0.4, 0.5) is 0 Å². The Labute approximate surface area is 107 Å². The third-order valence-corrected chi connectivity index (χ3v) is 3.24.